The second-order valence-electron chi connectivity index (χ2n) is 5.06. The van der Waals surface area contributed by atoms with Crippen molar-refractivity contribution in [3.63, 3.8) is 0 Å². The standard InChI is InChI=1S/C14H16ClN3O/c1-9-7-12(16)18(17-9)13(19)14(2,3)10-5-4-6-11(15)8-10/h4-8H,16H2,1-3H3. The predicted octanol–water partition coefficient (Wildman–Crippen LogP) is 3.05. The molecule has 0 atom stereocenters. The number of aryl methyl sites for hydroxylation is 1. The minimum Gasteiger partial charge on any atom is -0.383 e. The van der Waals surface area contributed by atoms with Crippen molar-refractivity contribution in [2.24, 2.45) is 0 Å². The van der Waals surface area contributed by atoms with Gasteiger partial charge in [0.15, 0.2) is 0 Å². The average molecular weight is 278 g/mol. The fourth-order valence-corrected chi connectivity index (χ4v) is 2.14. The lowest BCUT2D eigenvalue weighted by molar-refractivity contribution is 0.0807. The highest BCUT2D eigenvalue weighted by molar-refractivity contribution is 6.30. The van der Waals surface area contributed by atoms with Gasteiger partial charge in [0.05, 0.1) is 11.1 Å². The Balaban J connectivity index is 2.44. The molecule has 4 nitrogen and oxygen atoms in total. The van der Waals surface area contributed by atoms with E-state index in [0.29, 0.717) is 16.5 Å². The van der Waals surface area contributed by atoms with E-state index in [9.17, 15) is 4.79 Å². The maximum Gasteiger partial charge on any atom is 0.258 e. The Labute approximate surface area is 117 Å². The van der Waals surface area contributed by atoms with Crippen molar-refractivity contribution >= 4 is 23.3 Å². The van der Waals surface area contributed by atoms with Crippen molar-refractivity contribution in [3.8, 4) is 0 Å². The normalized spacial score (nSPS) is 11.6. The number of hydrogen-bond acceptors (Lipinski definition) is 3. The third kappa shape index (κ3) is 2.49. The molecule has 0 saturated carbocycles. The van der Waals surface area contributed by atoms with Crippen LogP contribution in [0.5, 0.6) is 0 Å². The van der Waals surface area contributed by atoms with Gasteiger partial charge in [0, 0.05) is 11.1 Å². The smallest absolute Gasteiger partial charge is 0.258 e. The highest BCUT2D eigenvalue weighted by Crippen LogP contribution is 2.28. The third-order valence-electron chi connectivity index (χ3n) is 3.13. The number of nitrogens with two attached hydrogens (primary N) is 1. The van der Waals surface area contributed by atoms with E-state index in [1.54, 1.807) is 25.1 Å². The van der Waals surface area contributed by atoms with Crippen LogP contribution in [0, 0.1) is 6.92 Å². The number of anilines is 1. The molecule has 2 rings (SSSR count). The Morgan fingerprint density at radius 2 is 2.05 bits per heavy atom. The molecular weight excluding hydrogens is 262 g/mol. The predicted molar refractivity (Wildman–Crippen MR) is 76.5 cm³/mol. The van der Waals surface area contributed by atoms with Crippen LogP contribution in [0.25, 0.3) is 0 Å². The van der Waals surface area contributed by atoms with Crippen molar-refractivity contribution in [3.05, 3.63) is 46.6 Å². The number of nitrogen functional groups attached to an aromatic ring is 1. The maximum atomic E-state index is 12.6. The molecule has 0 aliphatic rings. The van der Waals surface area contributed by atoms with E-state index in [-0.39, 0.29) is 5.91 Å². The topological polar surface area (TPSA) is 60.9 Å². The fourth-order valence-electron chi connectivity index (χ4n) is 1.95. The lowest BCUT2D eigenvalue weighted by Crippen LogP contribution is -2.35. The monoisotopic (exact) mass is 277 g/mol. The number of nitrogens with zero attached hydrogens (tertiary/aromatic N) is 2. The summed E-state index contributed by atoms with van der Waals surface area (Å²) >= 11 is 5.98. The van der Waals surface area contributed by atoms with Crippen LogP contribution in [0.4, 0.5) is 5.82 Å². The summed E-state index contributed by atoms with van der Waals surface area (Å²) < 4.78 is 1.25. The van der Waals surface area contributed by atoms with Gasteiger partial charge >= 0.3 is 0 Å². The molecular formula is C14H16ClN3O. The number of benzene rings is 1. The zero-order valence-corrected chi connectivity index (χ0v) is 11.9. The number of aromatic nitrogens is 2. The Morgan fingerprint density at radius 3 is 2.58 bits per heavy atom. The molecule has 0 fully saturated rings. The number of carbonyl (C=O) groups excluding carboxylic acids is 1. The number of rotatable bonds is 2. The summed E-state index contributed by atoms with van der Waals surface area (Å²) in [5, 5.41) is 4.73. The lowest BCUT2D eigenvalue weighted by Gasteiger charge is -2.23. The summed E-state index contributed by atoms with van der Waals surface area (Å²) in [5.41, 5.74) is 6.59. The van der Waals surface area contributed by atoms with E-state index in [2.05, 4.69) is 5.10 Å². The van der Waals surface area contributed by atoms with Crippen LogP contribution in [0.3, 0.4) is 0 Å². The maximum absolute atomic E-state index is 12.6. The minimum atomic E-state index is -0.752. The highest BCUT2D eigenvalue weighted by Gasteiger charge is 2.32. The zero-order valence-electron chi connectivity index (χ0n) is 11.1. The van der Waals surface area contributed by atoms with Gasteiger partial charge in [0.25, 0.3) is 5.91 Å². The third-order valence-corrected chi connectivity index (χ3v) is 3.37. The second kappa shape index (κ2) is 4.70. The Morgan fingerprint density at radius 1 is 1.37 bits per heavy atom. The minimum absolute atomic E-state index is 0.180. The summed E-state index contributed by atoms with van der Waals surface area (Å²) in [6.07, 6.45) is 0. The van der Waals surface area contributed by atoms with E-state index < -0.39 is 5.41 Å². The van der Waals surface area contributed by atoms with Gasteiger partial charge < -0.3 is 5.73 Å². The quantitative estimate of drug-likeness (QED) is 0.918. The van der Waals surface area contributed by atoms with Crippen molar-refractivity contribution in [1.29, 1.82) is 0 Å². The lowest BCUT2D eigenvalue weighted by atomic mass is 9.84. The van der Waals surface area contributed by atoms with E-state index in [4.69, 9.17) is 17.3 Å². The average Bonchev–Trinajstić information content (AvgIpc) is 2.67. The Kier molecular flexibility index (Phi) is 3.37. The van der Waals surface area contributed by atoms with Crippen LogP contribution in [0.2, 0.25) is 5.02 Å². The summed E-state index contributed by atoms with van der Waals surface area (Å²) in [6, 6.07) is 8.93. The van der Waals surface area contributed by atoms with Gasteiger partial charge in [-0.05, 0) is 38.5 Å². The molecule has 0 spiro atoms. The van der Waals surface area contributed by atoms with Crippen LogP contribution in [-0.2, 0) is 5.41 Å². The number of hydrogen-bond donors (Lipinski definition) is 1. The number of carbonyl (C=O) groups is 1. The van der Waals surface area contributed by atoms with Gasteiger partial charge in [-0.2, -0.15) is 9.78 Å². The van der Waals surface area contributed by atoms with Gasteiger partial charge in [0.2, 0.25) is 0 Å². The molecule has 0 radical (unpaired) electrons. The van der Waals surface area contributed by atoms with Gasteiger partial charge in [-0.25, -0.2) is 0 Å². The summed E-state index contributed by atoms with van der Waals surface area (Å²) in [5.74, 6) is 0.165. The first kappa shape index (κ1) is 13.6. The molecule has 1 heterocycles. The van der Waals surface area contributed by atoms with E-state index >= 15 is 0 Å². The SMILES string of the molecule is Cc1cc(N)n(C(=O)C(C)(C)c2cccc(Cl)c2)n1. The molecule has 0 bridgehead atoms. The second-order valence-corrected chi connectivity index (χ2v) is 5.50. The number of halogens is 1. The summed E-state index contributed by atoms with van der Waals surface area (Å²) in [6.45, 7) is 5.46. The van der Waals surface area contributed by atoms with E-state index in [1.165, 1.54) is 4.68 Å². The van der Waals surface area contributed by atoms with Crippen LogP contribution in [0.15, 0.2) is 30.3 Å². The first-order chi connectivity index (χ1) is 8.82. The van der Waals surface area contributed by atoms with Gasteiger partial charge in [0.1, 0.15) is 5.82 Å². The summed E-state index contributed by atoms with van der Waals surface area (Å²) in [4.78, 5) is 12.6. The Bertz CT molecular complexity index is 631. The largest absolute Gasteiger partial charge is 0.383 e. The first-order valence-electron chi connectivity index (χ1n) is 5.95. The molecule has 2 aromatic rings. The zero-order chi connectivity index (χ0) is 14.2. The van der Waals surface area contributed by atoms with Crippen molar-refractivity contribution in [2.75, 3.05) is 5.73 Å². The van der Waals surface area contributed by atoms with Crippen LogP contribution in [-0.4, -0.2) is 15.7 Å². The van der Waals surface area contributed by atoms with Gasteiger partial charge in [-0.1, -0.05) is 23.7 Å². The molecule has 0 amide bonds. The molecule has 0 saturated heterocycles. The molecule has 100 valence electrons. The molecule has 0 aliphatic carbocycles. The van der Waals surface area contributed by atoms with Crippen molar-refractivity contribution in [1.82, 2.24) is 9.78 Å². The molecule has 19 heavy (non-hydrogen) atoms. The van der Waals surface area contributed by atoms with Crippen LogP contribution < -0.4 is 5.73 Å². The van der Waals surface area contributed by atoms with E-state index in [1.807, 2.05) is 26.0 Å². The van der Waals surface area contributed by atoms with E-state index in [0.717, 1.165) is 5.56 Å². The highest BCUT2D eigenvalue weighted by atomic mass is 35.5. The van der Waals surface area contributed by atoms with Crippen LogP contribution in [0.1, 0.15) is 29.9 Å². The molecule has 0 unspecified atom stereocenters. The summed E-state index contributed by atoms with van der Waals surface area (Å²) in [7, 11) is 0. The fraction of sp³-hybridized carbons (Fsp3) is 0.286. The van der Waals surface area contributed by atoms with Crippen molar-refractivity contribution < 1.29 is 4.79 Å². The van der Waals surface area contributed by atoms with Crippen LogP contribution >= 0.6 is 11.6 Å². The molecule has 1 aromatic heterocycles. The van der Waals surface area contributed by atoms with Gasteiger partial charge in [-0.15, -0.1) is 0 Å². The molecule has 2 N–H and O–H groups in total. The first-order valence-corrected chi connectivity index (χ1v) is 6.33. The molecule has 1 aromatic carbocycles. The molecule has 5 heteroatoms. The van der Waals surface area contributed by atoms with Gasteiger partial charge in [-0.3, -0.25) is 4.79 Å². The molecule has 0 aliphatic heterocycles. The van der Waals surface area contributed by atoms with Crippen molar-refractivity contribution in [2.45, 2.75) is 26.2 Å². The Hall–Kier alpha value is -1.81.